The Bertz CT molecular complexity index is 520. The number of hydrogen-bond acceptors (Lipinski definition) is 2. The summed E-state index contributed by atoms with van der Waals surface area (Å²) in [6, 6.07) is 1.38. The zero-order chi connectivity index (χ0) is 19.8. The number of nitrogens with zero attached hydrogens (tertiary/aromatic N) is 2. The van der Waals surface area contributed by atoms with Gasteiger partial charge in [0.2, 0.25) is 0 Å². The highest BCUT2D eigenvalue weighted by Gasteiger charge is 2.29. The molecule has 2 aliphatic rings. The topological polar surface area (TPSA) is 6.48 Å². The molecule has 2 rings (SSSR count). The Labute approximate surface area is 169 Å². The minimum atomic E-state index is 0.613. The van der Waals surface area contributed by atoms with Crippen LogP contribution in [0.2, 0.25) is 0 Å². The fourth-order valence-electron chi connectivity index (χ4n) is 4.59. The zero-order valence-corrected chi connectivity index (χ0v) is 18.8. The van der Waals surface area contributed by atoms with Crippen LogP contribution in [0.3, 0.4) is 0 Å². The lowest BCUT2D eigenvalue weighted by molar-refractivity contribution is 0.0575. The van der Waals surface area contributed by atoms with Crippen LogP contribution in [0.5, 0.6) is 0 Å². The fourth-order valence-corrected chi connectivity index (χ4v) is 4.59. The summed E-state index contributed by atoms with van der Waals surface area (Å²) in [7, 11) is 0. The third-order valence-electron chi connectivity index (χ3n) is 6.54. The lowest BCUT2D eigenvalue weighted by Crippen LogP contribution is -2.55. The SMILES string of the molecule is C=C(/C(C)=C\C(=C/C)CCC1CC1)N1CCN(C(CCC)CCC)C(C)C1. The standard InChI is InChI=1S/C25H44N2/c1-7-10-25(11-8-2)27-17-16-26(19-21(27)5)22(6)20(4)18-23(9-3)12-13-24-14-15-24/h9,18,21,24-25H,6-8,10-17,19H2,1-5H3/b20-18-,23-9-. The van der Waals surface area contributed by atoms with E-state index in [4.69, 9.17) is 0 Å². The van der Waals surface area contributed by atoms with Crippen molar-refractivity contribution >= 4 is 0 Å². The number of piperazine rings is 1. The second-order valence-corrected chi connectivity index (χ2v) is 8.88. The van der Waals surface area contributed by atoms with Crippen LogP contribution in [0, 0.1) is 5.92 Å². The molecule has 1 aliphatic carbocycles. The van der Waals surface area contributed by atoms with Crippen LogP contribution in [0.25, 0.3) is 0 Å². The molecule has 2 heteroatoms. The van der Waals surface area contributed by atoms with Crippen LogP contribution in [0.15, 0.2) is 35.6 Å². The van der Waals surface area contributed by atoms with Crippen molar-refractivity contribution in [1.29, 1.82) is 0 Å². The van der Waals surface area contributed by atoms with Gasteiger partial charge in [0.05, 0.1) is 0 Å². The van der Waals surface area contributed by atoms with Crippen molar-refractivity contribution in [2.24, 2.45) is 5.92 Å². The maximum atomic E-state index is 4.46. The molecular formula is C25H44N2. The van der Waals surface area contributed by atoms with Crippen LogP contribution in [-0.2, 0) is 0 Å². The highest BCUT2D eigenvalue weighted by molar-refractivity contribution is 5.33. The van der Waals surface area contributed by atoms with Gasteiger partial charge in [0, 0.05) is 37.4 Å². The van der Waals surface area contributed by atoms with E-state index in [0.29, 0.717) is 6.04 Å². The molecule has 0 spiro atoms. The fraction of sp³-hybridized carbons (Fsp3) is 0.760. The average molecular weight is 373 g/mol. The molecule has 0 aromatic heterocycles. The molecule has 1 heterocycles. The Kier molecular flexibility index (Phi) is 9.15. The van der Waals surface area contributed by atoms with E-state index in [2.05, 4.69) is 63.1 Å². The van der Waals surface area contributed by atoms with Gasteiger partial charge < -0.3 is 4.90 Å². The molecule has 0 aromatic carbocycles. The van der Waals surface area contributed by atoms with Crippen LogP contribution in [0.1, 0.15) is 86.0 Å². The maximum Gasteiger partial charge on any atom is 0.0332 e. The van der Waals surface area contributed by atoms with Crippen molar-refractivity contribution < 1.29 is 0 Å². The normalized spacial score (nSPS) is 22.6. The van der Waals surface area contributed by atoms with Crippen molar-refractivity contribution in [3.05, 3.63) is 35.6 Å². The summed E-state index contributed by atoms with van der Waals surface area (Å²) in [6.45, 7) is 19.3. The quantitative estimate of drug-likeness (QED) is 0.379. The highest BCUT2D eigenvalue weighted by Crippen LogP contribution is 2.35. The van der Waals surface area contributed by atoms with E-state index in [9.17, 15) is 0 Å². The van der Waals surface area contributed by atoms with Crippen LogP contribution >= 0.6 is 0 Å². The van der Waals surface area contributed by atoms with Crippen LogP contribution in [0.4, 0.5) is 0 Å². The summed E-state index contributed by atoms with van der Waals surface area (Å²) in [5, 5.41) is 0. The third kappa shape index (κ3) is 6.82. The molecule has 1 saturated heterocycles. The minimum Gasteiger partial charge on any atom is -0.369 e. The molecular weight excluding hydrogens is 328 g/mol. The van der Waals surface area contributed by atoms with Crippen LogP contribution in [-0.4, -0.2) is 41.5 Å². The second kappa shape index (κ2) is 11.1. The van der Waals surface area contributed by atoms with Crippen molar-refractivity contribution in [3.8, 4) is 0 Å². The minimum absolute atomic E-state index is 0.613. The van der Waals surface area contributed by atoms with Gasteiger partial charge >= 0.3 is 0 Å². The van der Waals surface area contributed by atoms with Gasteiger partial charge in [0.25, 0.3) is 0 Å². The first kappa shape index (κ1) is 22.3. The Morgan fingerprint density at radius 1 is 1.15 bits per heavy atom. The van der Waals surface area contributed by atoms with Gasteiger partial charge in [-0.25, -0.2) is 0 Å². The zero-order valence-electron chi connectivity index (χ0n) is 18.8. The van der Waals surface area contributed by atoms with Gasteiger partial charge in [-0.2, -0.15) is 0 Å². The molecule has 0 aromatic rings. The average Bonchev–Trinajstić information content (AvgIpc) is 3.48. The Balaban J connectivity index is 1.92. The Hall–Kier alpha value is -1.02. The predicted molar refractivity (Wildman–Crippen MR) is 120 cm³/mol. The van der Waals surface area contributed by atoms with Gasteiger partial charge in [-0.3, -0.25) is 4.90 Å². The molecule has 0 radical (unpaired) electrons. The summed E-state index contributed by atoms with van der Waals surface area (Å²) in [5.74, 6) is 1.00. The lowest BCUT2D eigenvalue weighted by atomic mass is 10.00. The van der Waals surface area contributed by atoms with Gasteiger partial charge in [-0.15, -0.1) is 0 Å². The smallest absolute Gasteiger partial charge is 0.0332 e. The summed E-state index contributed by atoms with van der Waals surface area (Å²) >= 11 is 0. The van der Waals surface area contributed by atoms with E-state index in [0.717, 1.165) is 25.0 Å². The number of rotatable bonds is 11. The molecule has 0 N–H and O–H groups in total. The van der Waals surface area contributed by atoms with Crippen molar-refractivity contribution in [3.63, 3.8) is 0 Å². The first-order valence-corrected chi connectivity index (χ1v) is 11.5. The van der Waals surface area contributed by atoms with E-state index in [1.54, 1.807) is 0 Å². The van der Waals surface area contributed by atoms with Crippen LogP contribution < -0.4 is 0 Å². The molecule has 1 aliphatic heterocycles. The Morgan fingerprint density at radius 3 is 2.33 bits per heavy atom. The summed E-state index contributed by atoms with van der Waals surface area (Å²) < 4.78 is 0. The molecule has 0 bridgehead atoms. The van der Waals surface area contributed by atoms with Gasteiger partial charge in [0.1, 0.15) is 0 Å². The van der Waals surface area contributed by atoms with Crippen molar-refractivity contribution in [1.82, 2.24) is 9.80 Å². The third-order valence-corrected chi connectivity index (χ3v) is 6.54. The summed E-state index contributed by atoms with van der Waals surface area (Å²) in [6.07, 6.45) is 15.4. The first-order chi connectivity index (χ1) is 13.0. The Morgan fingerprint density at radius 2 is 1.81 bits per heavy atom. The monoisotopic (exact) mass is 372 g/mol. The molecule has 154 valence electrons. The summed E-state index contributed by atoms with van der Waals surface area (Å²) in [5.41, 5.74) is 4.06. The largest absolute Gasteiger partial charge is 0.369 e. The molecule has 0 amide bonds. The lowest BCUT2D eigenvalue weighted by Gasteiger charge is -2.45. The van der Waals surface area contributed by atoms with Gasteiger partial charge in [0.15, 0.2) is 0 Å². The van der Waals surface area contributed by atoms with E-state index in [-0.39, 0.29) is 0 Å². The molecule has 2 fully saturated rings. The number of allylic oxidation sites excluding steroid dienone is 4. The van der Waals surface area contributed by atoms with E-state index >= 15 is 0 Å². The predicted octanol–water partition coefficient (Wildman–Crippen LogP) is 6.56. The molecule has 1 atom stereocenters. The highest BCUT2D eigenvalue weighted by atomic mass is 15.3. The molecule has 1 unspecified atom stereocenters. The van der Waals surface area contributed by atoms with Crippen molar-refractivity contribution in [2.45, 2.75) is 98.1 Å². The molecule has 2 nitrogen and oxygen atoms in total. The van der Waals surface area contributed by atoms with E-state index < -0.39 is 0 Å². The maximum absolute atomic E-state index is 4.46. The molecule has 27 heavy (non-hydrogen) atoms. The van der Waals surface area contributed by atoms with E-state index in [1.807, 2.05) is 0 Å². The first-order valence-electron chi connectivity index (χ1n) is 11.5. The summed E-state index contributed by atoms with van der Waals surface area (Å²) in [4.78, 5) is 5.29. The van der Waals surface area contributed by atoms with E-state index in [1.165, 1.54) is 74.8 Å². The second-order valence-electron chi connectivity index (χ2n) is 8.88. The van der Waals surface area contributed by atoms with Crippen molar-refractivity contribution in [2.75, 3.05) is 19.6 Å². The van der Waals surface area contributed by atoms with Gasteiger partial charge in [-0.1, -0.05) is 63.8 Å². The van der Waals surface area contributed by atoms with Gasteiger partial charge in [-0.05, 0) is 57.9 Å². The molecule has 1 saturated carbocycles. The number of hydrogen-bond donors (Lipinski definition) is 0.